The number of nitrogens with two attached hydrogens (primary N) is 1. The van der Waals surface area contributed by atoms with E-state index < -0.39 is 11.7 Å². The van der Waals surface area contributed by atoms with Crippen LogP contribution in [0.1, 0.15) is 27.7 Å². The summed E-state index contributed by atoms with van der Waals surface area (Å²) in [5.41, 5.74) is 7.66. The van der Waals surface area contributed by atoms with Crippen LogP contribution in [0.3, 0.4) is 0 Å². The maximum atomic E-state index is 11.3. The van der Waals surface area contributed by atoms with E-state index in [1.807, 2.05) is 6.92 Å². The molecule has 0 aromatic carbocycles. The molecule has 0 aromatic rings. The number of halogens is 1. The first kappa shape index (κ1) is 16.6. The zero-order chi connectivity index (χ0) is 14.2. The summed E-state index contributed by atoms with van der Waals surface area (Å²) < 4.78 is 5.58. The number of allylic oxidation sites excluding steroid dienone is 1. The first-order chi connectivity index (χ1) is 8.30. The van der Waals surface area contributed by atoms with Crippen molar-refractivity contribution in [2.24, 2.45) is 15.8 Å². The van der Waals surface area contributed by atoms with Crippen LogP contribution in [0, 0.1) is 0 Å². The Labute approximate surface area is 115 Å². The van der Waals surface area contributed by atoms with Crippen molar-refractivity contribution in [3.05, 3.63) is 11.8 Å². The number of ether oxygens (including phenoxy) is 1. The van der Waals surface area contributed by atoms with Gasteiger partial charge in [0, 0.05) is 18.3 Å². The highest BCUT2D eigenvalue weighted by Crippen LogP contribution is 2.06. The summed E-state index contributed by atoms with van der Waals surface area (Å²) in [5.74, 6) is 0. The summed E-state index contributed by atoms with van der Waals surface area (Å²) in [4.78, 5) is 15.4. The second kappa shape index (κ2) is 7.86. The molecule has 0 bridgehead atoms. The van der Waals surface area contributed by atoms with E-state index in [1.165, 1.54) is 12.4 Å². The third-order valence-corrected chi connectivity index (χ3v) is 2.18. The number of carbonyl (C=O) groups is 1. The van der Waals surface area contributed by atoms with Crippen LogP contribution in [-0.2, 0) is 4.74 Å². The van der Waals surface area contributed by atoms with Gasteiger partial charge in [-0.1, -0.05) is 0 Å². The molecule has 0 aliphatic heterocycles. The number of aliphatic imine (C=N–C) groups is 1. The summed E-state index contributed by atoms with van der Waals surface area (Å²) in [5, 5.41) is 3.72. The molecular weight excluding hydrogens is 300 g/mol. The van der Waals surface area contributed by atoms with Crippen LogP contribution < -0.4 is 11.2 Å². The number of nitrogens with one attached hydrogen (secondary N) is 1. The summed E-state index contributed by atoms with van der Waals surface area (Å²) in [6.45, 7) is 7.82. The fourth-order valence-corrected chi connectivity index (χ4v) is 1.34. The molecule has 0 aliphatic carbocycles. The van der Waals surface area contributed by atoms with Crippen molar-refractivity contribution in [1.82, 2.24) is 5.43 Å². The van der Waals surface area contributed by atoms with Crippen molar-refractivity contribution in [2.75, 3.05) is 6.54 Å². The van der Waals surface area contributed by atoms with E-state index in [0.717, 1.165) is 0 Å². The monoisotopic (exact) mass is 318 g/mol. The Balaban J connectivity index is 4.40. The van der Waals surface area contributed by atoms with Gasteiger partial charge in [-0.25, -0.2) is 10.2 Å². The van der Waals surface area contributed by atoms with E-state index in [9.17, 15) is 4.79 Å². The number of hydrazone groups is 1. The molecule has 102 valence electrons. The van der Waals surface area contributed by atoms with Crippen LogP contribution in [0.5, 0.6) is 0 Å². The zero-order valence-electron chi connectivity index (χ0n) is 11.0. The van der Waals surface area contributed by atoms with Crippen LogP contribution in [-0.4, -0.2) is 29.1 Å². The number of hydrogen-bond donors (Lipinski definition) is 2. The van der Waals surface area contributed by atoms with Crippen molar-refractivity contribution in [2.45, 2.75) is 33.3 Å². The fraction of sp³-hybridized carbons (Fsp3) is 0.545. The molecule has 0 spiro atoms. The van der Waals surface area contributed by atoms with Gasteiger partial charge in [0.25, 0.3) is 0 Å². The minimum Gasteiger partial charge on any atom is -0.443 e. The second-order valence-electron chi connectivity index (χ2n) is 4.26. The SMILES string of the molecule is CCN=C(Br)C(=CN)/C=N/NC(=O)OC(C)(C)C. The lowest BCUT2D eigenvalue weighted by Gasteiger charge is -2.18. The quantitative estimate of drug-likeness (QED) is 0.614. The standard InChI is InChI=1S/C11H19BrN4O2/c1-5-14-9(12)8(6-13)7-15-16-10(17)18-11(2,3)4/h6-7H,5,13H2,1-4H3,(H,16,17)/b8-6?,14-9?,15-7+. The van der Waals surface area contributed by atoms with Crippen molar-refractivity contribution >= 4 is 32.9 Å². The zero-order valence-corrected chi connectivity index (χ0v) is 12.6. The Morgan fingerprint density at radius 2 is 2.11 bits per heavy atom. The molecule has 0 saturated heterocycles. The molecule has 6 nitrogen and oxygen atoms in total. The minimum absolute atomic E-state index is 0.559. The highest BCUT2D eigenvalue weighted by molar-refractivity contribution is 9.18. The van der Waals surface area contributed by atoms with Crippen LogP contribution in [0.15, 0.2) is 21.9 Å². The highest BCUT2D eigenvalue weighted by Gasteiger charge is 2.15. The van der Waals surface area contributed by atoms with Gasteiger partial charge in [0.1, 0.15) is 10.2 Å². The lowest BCUT2D eigenvalue weighted by atomic mass is 10.2. The fourth-order valence-electron chi connectivity index (χ4n) is 0.851. The van der Waals surface area contributed by atoms with Gasteiger partial charge in [-0.15, -0.1) is 0 Å². The normalized spacial score (nSPS) is 13.8. The minimum atomic E-state index is -0.626. The molecule has 7 heteroatoms. The van der Waals surface area contributed by atoms with Crippen molar-refractivity contribution in [3.63, 3.8) is 0 Å². The average molecular weight is 319 g/mol. The predicted octanol–water partition coefficient (Wildman–Crippen LogP) is 2.15. The molecular formula is C11H19BrN4O2. The summed E-state index contributed by atoms with van der Waals surface area (Å²) in [6.07, 6.45) is 2.09. The second-order valence-corrected chi connectivity index (χ2v) is 5.01. The molecule has 0 atom stereocenters. The van der Waals surface area contributed by atoms with Gasteiger partial charge >= 0.3 is 6.09 Å². The molecule has 0 fully saturated rings. The Morgan fingerprint density at radius 1 is 1.50 bits per heavy atom. The average Bonchev–Trinajstić information content (AvgIpc) is 2.22. The molecule has 0 aromatic heterocycles. The maximum Gasteiger partial charge on any atom is 0.428 e. The molecule has 0 radical (unpaired) electrons. The van der Waals surface area contributed by atoms with Gasteiger partial charge in [-0.05, 0) is 43.6 Å². The molecule has 0 aliphatic rings. The topological polar surface area (TPSA) is 89.1 Å². The van der Waals surface area contributed by atoms with E-state index in [4.69, 9.17) is 10.5 Å². The summed E-state index contributed by atoms with van der Waals surface area (Å²) in [6, 6.07) is 0. The lowest BCUT2D eigenvalue weighted by Crippen LogP contribution is -2.29. The largest absolute Gasteiger partial charge is 0.443 e. The molecule has 0 heterocycles. The summed E-state index contributed by atoms with van der Waals surface area (Å²) in [7, 11) is 0. The Hall–Kier alpha value is -1.37. The summed E-state index contributed by atoms with van der Waals surface area (Å²) >= 11 is 3.25. The van der Waals surface area contributed by atoms with Gasteiger partial charge in [0.2, 0.25) is 0 Å². The number of amides is 1. The van der Waals surface area contributed by atoms with E-state index in [0.29, 0.717) is 16.7 Å². The van der Waals surface area contributed by atoms with Crippen molar-refractivity contribution in [3.8, 4) is 0 Å². The first-order valence-corrected chi connectivity index (χ1v) is 6.23. The van der Waals surface area contributed by atoms with Gasteiger partial charge in [0.15, 0.2) is 0 Å². The number of nitrogens with zero attached hydrogens (tertiary/aromatic N) is 2. The van der Waals surface area contributed by atoms with Gasteiger partial charge in [-0.3, -0.25) is 4.99 Å². The van der Waals surface area contributed by atoms with E-state index in [-0.39, 0.29) is 0 Å². The van der Waals surface area contributed by atoms with Crippen LogP contribution in [0.2, 0.25) is 0 Å². The first-order valence-electron chi connectivity index (χ1n) is 5.44. The Kier molecular flexibility index (Phi) is 7.26. The Bertz CT molecular complexity index is 370. The van der Waals surface area contributed by atoms with Crippen molar-refractivity contribution < 1.29 is 9.53 Å². The van der Waals surface area contributed by atoms with Gasteiger partial charge < -0.3 is 10.5 Å². The van der Waals surface area contributed by atoms with Crippen LogP contribution in [0.25, 0.3) is 0 Å². The van der Waals surface area contributed by atoms with Crippen LogP contribution >= 0.6 is 15.9 Å². The molecule has 0 rings (SSSR count). The third-order valence-electron chi connectivity index (χ3n) is 1.47. The third kappa shape index (κ3) is 7.83. The molecule has 0 saturated carbocycles. The van der Waals surface area contributed by atoms with Gasteiger partial charge in [0.05, 0.1) is 6.21 Å². The van der Waals surface area contributed by atoms with Crippen LogP contribution in [0.4, 0.5) is 4.79 Å². The van der Waals surface area contributed by atoms with E-state index >= 15 is 0 Å². The van der Waals surface area contributed by atoms with Gasteiger partial charge in [-0.2, -0.15) is 5.10 Å². The molecule has 18 heavy (non-hydrogen) atoms. The maximum absolute atomic E-state index is 11.3. The predicted molar refractivity (Wildman–Crippen MR) is 77.0 cm³/mol. The van der Waals surface area contributed by atoms with E-state index in [2.05, 4.69) is 31.4 Å². The number of hydrogen-bond acceptors (Lipinski definition) is 5. The smallest absolute Gasteiger partial charge is 0.428 e. The molecule has 1 amide bonds. The highest BCUT2D eigenvalue weighted by atomic mass is 79.9. The van der Waals surface area contributed by atoms with Crippen molar-refractivity contribution in [1.29, 1.82) is 0 Å². The van der Waals surface area contributed by atoms with E-state index in [1.54, 1.807) is 20.8 Å². The molecule has 3 N–H and O–H groups in total. The number of carbonyl (C=O) groups excluding carboxylic acids is 1. The Morgan fingerprint density at radius 3 is 2.56 bits per heavy atom. The molecule has 0 unspecified atom stereocenters. The number of rotatable bonds is 4. The lowest BCUT2D eigenvalue weighted by molar-refractivity contribution is 0.0529.